The standard InChI is InChI=1S/C23H29N3O3S2.ClH/c1-6-25(7-2)11-12-26(22(27)18-9-8-10-19(15-18)31(5,28)29)23-24-21-17(4)13-16(3)14-20(21)30-23;/h8-10,13-15H,6-7,11-12H2,1-5H3;1H. The lowest BCUT2D eigenvalue weighted by Crippen LogP contribution is -2.39. The molecule has 0 aliphatic carbocycles. The quantitative estimate of drug-likeness (QED) is 0.452. The molecule has 9 heteroatoms. The van der Waals surface area contributed by atoms with E-state index in [0.717, 1.165) is 40.7 Å². The molecule has 2 aromatic carbocycles. The van der Waals surface area contributed by atoms with Gasteiger partial charge in [0, 0.05) is 24.9 Å². The normalized spacial score (nSPS) is 11.6. The van der Waals surface area contributed by atoms with Crippen molar-refractivity contribution in [3.8, 4) is 0 Å². The van der Waals surface area contributed by atoms with Gasteiger partial charge in [-0.05, 0) is 62.3 Å². The summed E-state index contributed by atoms with van der Waals surface area (Å²) in [6.45, 7) is 11.2. The number of amides is 1. The lowest BCUT2D eigenvalue weighted by Gasteiger charge is -2.25. The SMILES string of the molecule is CCN(CC)CCN(C(=O)c1cccc(S(C)(=O)=O)c1)c1nc2c(C)cc(C)cc2s1.Cl. The van der Waals surface area contributed by atoms with E-state index >= 15 is 0 Å². The smallest absolute Gasteiger partial charge is 0.260 e. The molecule has 0 aliphatic rings. The van der Waals surface area contributed by atoms with Crippen molar-refractivity contribution in [2.75, 3.05) is 37.3 Å². The number of hydrogen-bond donors (Lipinski definition) is 0. The molecule has 32 heavy (non-hydrogen) atoms. The third-order valence-corrected chi connectivity index (χ3v) is 7.47. The summed E-state index contributed by atoms with van der Waals surface area (Å²) in [7, 11) is -3.41. The molecule has 0 N–H and O–H groups in total. The fourth-order valence-electron chi connectivity index (χ4n) is 3.56. The van der Waals surface area contributed by atoms with Crippen LogP contribution in [0.1, 0.15) is 35.3 Å². The molecule has 174 valence electrons. The molecule has 0 fully saturated rings. The van der Waals surface area contributed by atoms with Gasteiger partial charge < -0.3 is 4.90 Å². The van der Waals surface area contributed by atoms with Gasteiger partial charge in [-0.25, -0.2) is 13.4 Å². The Labute approximate surface area is 200 Å². The van der Waals surface area contributed by atoms with Crippen LogP contribution in [0.25, 0.3) is 10.2 Å². The molecule has 0 bridgehead atoms. The van der Waals surface area contributed by atoms with E-state index in [9.17, 15) is 13.2 Å². The van der Waals surface area contributed by atoms with Crippen LogP contribution < -0.4 is 4.90 Å². The Bertz CT molecular complexity index is 1200. The van der Waals surface area contributed by atoms with E-state index in [4.69, 9.17) is 4.98 Å². The first-order valence-corrected chi connectivity index (χ1v) is 13.1. The first-order chi connectivity index (χ1) is 14.6. The Balaban J connectivity index is 0.00000363. The number of halogens is 1. The van der Waals surface area contributed by atoms with Gasteiger partial charge in [0.2, 0.25) is 0 Å². The fraction of sp³-hybridized carbons (Fsp3) is 0.391. The molecule has 0 unspecified atom stereocenters. The van der Waals surface area contributed by atoms with E-state index in [0.29, 0.717) is 23.8 Å². The molecular weight excluding hydrogens is 466 g/mol. The Morgan fingerprint density at radius 3 is 2.38 bits per heavy atom. The van der Waals surface area contributed by atoms with E-state index in [1.165, 1.54) is 23.5 Å². The molecular formula is C23H30ClN3O3S2. The van der Waals surface area contributed by atoms with Crippen LogP contribution in [0.15, 0.2) is 41.3 Å². The molecule has 0 saturated carbocycles. The number of anilines is 1. The van der Waals surface area contributed by atoms with Crippen LogP contribution >= 0.6 is 23.7 Å². The van der Waals surface area contributed by atoms with Crippen LogP contribution in [-0.2, 0) is 9.84 Å². The summed E-state index contributed by atoms with van der Waals surface area (Å²) >= 11 is 1.49. The summed E-state index contributed by atoms with van der Waals surface area (Å²) in [5.74, 6) is -0.244. The largest absolute Gasteiger partial charge is 0.302 e. The van der Waals surface area contributed by atoms with Gasteiger partial charge in [0.1, 0.15) is 0 Å². The Morgan fingerprint density at radius 1 is 1.06 bits per heavy atom. The first kappa shape index (κ1) is 26.3. The number of carbonyl (C=O) groups excluding carboxylic acids is 1. The summed E-state index contributed by atoms with van der Waals surface area (Å²) < 4.78 is 25.0. The highest BCUT2D eigenvalue weighted by Gasteiger charge is 2.23. The van der Waals surface area contributed by atoms with E-state index < -0.39 is 9.84 Å². The van der Waals surface area contributed by atoms with Gasteiger partial charge in [-0.2, -0.15) is 0 Å². The third-order valence-electron chi connectivity index (χ3n) is 5.34. The Hall–Kier alpha value is -2.00. The predicted molar refractivity (Wildman–Crippen MR) is 135 cm³/mol. The highest BCUT2D eigenvalue weighted by atomic mass is 35.5. The maximum atomic E-state index is 13.5. The van der Waals surface area contributed by atoms with Gasteiger partial charge in [-0.3, -0.25) is 9.69 Å². The molecule has 1 heterocycles. The second kappa shape index (κ2) is 10.7. The van der Waals surface area contributed by atoms with E-state index in [2.05, 4.69) is 30.9 Å². The van der Waals surface area contributed by atoms with Gasteiger partial charge in [0.15, 0.2) is 15.0 Å². The lowest BCUT2D eigenvalue weighted by atomic mass is 10.1. The van der Waals surface area contributed by atoms with E-state index in [1.807, 2.05) is 13.8 Å². The monoisotopic (exact) mass is 495 g/mol. The molecule has 0 aliphatic heterocycles. The zero-order valence-corrected chi connectivity index (χ0v) is 21.5. The number of aromatic nitrogens is 1. The molecule has 6 nitrogen and oxygen atoms in total. The molecule has 1 amide bonds. The summed E-state index contributed by atoms with van der Waals surface area (Å²) in [4.78, 5) is 22.4. The van der Waals surface area contributed by atoms with Crippen molar-refractivity contribution in [1.82, 2.24) is 9.88 Å². The average Bonchev–Trinajstić information content (AvgIpc) is 3.14. The lowest BCUT2D eigenvalue weighted by molar-refractivity contribution is 0.0983. The number of benzene rings is 2. The van der Waals surface area contributed by atoms with Crippen LogP contribution in [0.5, 0.6) is 0 Å². The van der Waals surface area contributed by atoms with Gasteiger partial charge >= 0.3 is 0 Å². The van der Waals surface area contributed by atoms with Crippen LogP contribution in [0.2, 0.25) is 0 Å². The minimum absolute atomic E-state index is 0. The number of nitrogens with zero attached hydrogens (tertiary/aromatic N) is 3. The summed E-state index contributed by atoms with van der Waals surface area (Å²) in [6, 6.07) is 10.4. The van der Waals surface area contributed by atoms with Crippen molar-refractivity contribution in [1.29, 1.82) is 0 Å². The Morgan fingerprint density at radius 2 is 1.75 bits per heavy atom. The maximum Gasteiger partial charge on any atom is 0.260 e. The molecule has 0 spiro atoms. The van der Waals surface area contributed by atoms with E-state index in [-0.39, 0.29) is 23.2 Å². The van der Waals surface area contributed by atoms with Crippen molar-refractivity contribution < 1.29 is 13.2 Å². The van der Waals surface area contributed by atoms with Crippen LogP contribution in [0, 0.1) is 13.8 Å². The van der Waals surface area contributed by atoms with Crippen LogP contribution in [0.4, 0.5) is 5.13 Å². The number of hydrogen-bond acceptors (Lipinski definition) is 6. The van der Waals surface area contributed by atoms with Crippen molar-refractivity contribution in [3.63, 3.8) is 0 Å². The first-order valence-electron chi connectivity index (χ1n) is 10.4. The van der Waals surface area contributed by atoms with Crippen molar-refractivity contribution in [3.05, 3.63) is 53.1 Å². The second-order valence-corrected chi connectivity index (χ2v) is 10.7. The van der Waals surface area contributed by atoms with Gasteiger partial charge in [0.25, 0.3) is 5.91 Å². The summed E-state index contributed by atoms with van der Waals surface area (Å²) in [5, 5.41) is 0.630. The average molecular weight is 496 g/mol. The molecule has 0 saturated heterocycles. The van der Waals surface area contributed by atoms with Gasteiger partial charge in [0.05, 0.1) is 15.1 Å². The zero-order chi connectivity index (χ0) is 22.8. The second-order valence-electron chi connectivity index (χ2n) is 7.71. The van der Waals surface area contributed by atoms with Crippen molar-refractivity contribution in [2.24, 2.45) is 0 Å². The predicted octanol–water partition coefficient (Wildman–Crippen LogP) is 4.73. The van der Waals surface area contributed by atoms with Crippen molar-refractivity contribution in [2.45, 2.75) is 32.6 Å². The number of aryl methyl sites for hydroxylation is 2. The minimum atomic E-state index is -3.41. The maximum absolute atomic E-state index is 13.5. The Kier molecular flexibility index (Phi) is 8.82. The molecule has 0 atom stereocenters. The summed E-state index contributed by atoms with van der Waals surface area (Å²) in [5.41, 5.74) is 3.47. The van der Waals surface area contributed by atoms with Gasteiger partial charge in [-0.1, -0.05) is 37.3 Å². The van der Waals surface area contributed by atoms with Gasteiger partial charge in [-0.15, -0.1) is 12.4 Å². The summed E-state index contributed by atoms with van der Waals surface area (Å²) in [6.07, 6.45) is 1.15. The van der Waals surface area contributed by atoms with Crippen molar-refractivity contribution >= 4 is 54.8 Å². The van der Waals surface area contributed by atoms with Crippen LogP contribution in [0.3, 0.4) is 0 Å². The van der Waals surface area contributed by atoms with E-state index in [1.54, 1.807) is 17.0 Å². The van der Waals surface area contributed by atoms with Crippen LogP contribution in [-0.4, -0.2) is 56.6 Å². The molecule has 0 radical (unpaired) electrons. The molecule has 3 aromatic rings. The number of likely N-dealkylation sites (N-methyl/N-ethyl adjacent to an activating group) is 1. The number of thiazole rings is 1. The topological polar surface area (TPSA) is 70.6 Å². The highest BCUT2D eigenvalue weighted by molar-refractivity contribution is 7.90. The number of sulfone groups is 1. The molecule has 3 rings (SSSR count). The third kappa shape index (κ3) is 5.86. The number of carbonyl (C=O) groups is 1. The minimum Gasteiger partial charge on any atom is -0.302 e. The zero-order valence-electron chi connectivity index (χ0n) is 19.1. The fourth-order valence-corrected chi connectivity index (χ4v) is 5.39. The number of rotatable bonds is 8. The molecule has 1 aromatic heterocycles. The highest BCUT2D eigenvalue weighted by Crippen LogP contribution is 2.32. The number of fused-ring (bicyclic) bond motifs is 1.